The highest BCUT2D eigenvalue weighted by atomic mass is 127. The molecule has 0 radical (unpaired) electrons. The van der Waals surface area contributed by atoms with Gasteiger partial charge in [0.15, 0.2) is 0 Å². The molecule has 0 amide bonds. The SMILES string of the molecule is CCCNc1nc(CCC(F)(F)F)nc(CCC)c1I. The van der Waals surface area contributed by atoms with Crippen LogP contribution in [0.5, 0.6) is 0 Å². The molecule has 20 heavy (non-hydrogen) atoms. The van der Waals surface area contributed by atoms with Gasteiger partial charge in [-0.1, -0.05) is 20.3 Å². The van der Waals surface area contributed by atoms with Gasteiger partial charge in [0.05, 0.1) is 15.7 Å². The number of hydrogen-bond donors (Lipinski definition) is 1. The summed E-state index contributed by atoms with van der Waals surface area (Å²) in [5.74, 6) is 0.924. The Morgan fingerprint density at radius 2 is 1.80 bits per heavy atom. The van der Waals surface area contributed by atoms with Crippen molar-refractivity contribution in [2.45, 2.75) is 52.1 Å². The molecule has 0 atom stereocenters. The number of aryl methyl sites for hydroxylation is 2. The highest BCUT2D eigenvalue weighted by molar-refractivity contribution is 14.1. The van der Waals surface area contributed by atoms with Crippen molar-refractivity contribution in [3.05, 3.63) is 15.1 Å². The standard InChI is InChI=1S/C13H19F3IN3/c1-3-5-9-11(17)12(18-8-4-2)20-10(19-9)6-7-13(14,15)16/h3-8H2,1-2H3,(H,18,19,20). The third-order valence-corrected chi connectivity index (χ3v) is 3.76. The third-order valence-electron chi connectivity index (χ3n) is 2.63. The van der Waals surface area contributed by atoms with Crippen molar-refractivity contribution in [3.63, 3.8) is 0 Å². The molecule has 0 aliphatic rings. The summed E-state index contributed by atoms with van der Waals surface area (Å²) in [5, 5.41) is 3.16. The van der Waals surface area contributed by atoms with E-state index < -0.39 is 12.6 Å². The molecule has 0 aromatic carbocycles. The highest BCUT2D eigenvalue weighted by Gasteiger charge is 2.27. The molecule has 7 heteroatoms. The lowest BCUT2D eigenvalue weighted by Gasteiger charge is -2.13. The summed E-state index contributed by atoms with van der Waals surface area (Å²) in [4.78, 5) is 8.50. The van der Waals surface area contributed by atoms with E-state index in [0.29, 0.717) is 5.82 Å². The third kappa shape index (κ3) is 5.80. The molecule has 114 valence electrons. The molecule has 0 aliphatic heterocycles. The Bertz CT molecular complexity index is 436. The predicted molar refractivity (Wildman–Crippen MR) is 81.9 cm³/mol. The van der Waals surface area contributed by atoms with E-state index in [2.05, 4.69) is 37.9 Å². The maximum absolute atomic E-state index is 12.3. The molecule has 0 unspecified atom stereocenters. The quantitative estimate of drug-likeness (QED) is 0.691. The molecule has 1 N–H and O–H groups in total. The number of nitrogens with one attached hydrogen (secondary N) is 1. The monoisotopic (exact) mass is 401 g/mol. The van der Waals surface area contributed by atoms with Crippen LogP contribution >= 0.6 is 22.6 Å². The highest BCUT2D eigenvalue weighted by Crippen LogP contribution is 2.24. The molecule has 0 saturated carbocycles. The lowest BCUT2D eigenvalue weighted by atomic mass is 10.2. The normalized spacial score (nSPS) is 11.7. The van der Waals surface area contributed by atoms with Crippen LogP contribution in [0.2, 0.25) is 0 Å². The first-order valence-electron chi connectivity index (χ1n) is 6.73. The van der Waals surface area contributed by atoms with Crippen molar-refractivity contribution in [1.82, 2.24) is 9.97 Å². The van der Waals surface area contributed by atoms with Crippen LogP contribution < -0.4 is 5.32 Å². The zero-order valence-electron chi connectivity index (χ0n) is 11.6. The second-order valence-corrected chi connectivity index (χ2v) is 5.62. The number of nitrogens with zero attached hydrogens (tertiary/aromatic N) is 2. The van der Waals surface area contributed by atoms with Gasteiger partial charge in [-0.05, 0) is 35.4 Å². The van der Waals surface area contributed by atoms with Crippen LogP contribution in [-0.2, 0) is 12.8 Å². The van der Waals surface area contributed by atoms with Crippen LogP contribution in [0.1, 0.15) is 44.6 Å². The second-order valence-electron chi connectivity index (χ2n) is 4.54. The van der Waals surface area contributed by atoms with Gasteiger partial charge in [0.25, 0.3) is 0 Å². The summed E-state index contributed by atoms with van der Waals surface area (Å²) in [6, 6.07) is 0. The van der Waals surface area contributed by atoms with Gasteiger partial charge in [0, 0.05) is 13.0 Å². The Morgan fingerprint density at radius 3 is 2.35 bits per heavy atom. The van der Waals surface area contributed by atoms with E-state index in [9.17, 15) is 13.2 Å². The van der Waals surface area contributed by atoms with Crippen LogP contribution in [0.4, 0.5) is 19.0 Å². The fourth-order valence-electron chi connectivity index (χ4n) is 1.67. The number of alkyl halides is 3. The average Bonchev–Trinajstić information content (AvgIpc) is 2.37. The van der Waals surface area contributed by atoms with Crippen LogP contribution in [-0.4, -0.2) is 22.7 Å². The zero-order valence-corrected chi connectivity index (χ0v) is 13.8. The summed E-state index contributed by atoms with van der Waals surface area (Å²) < 4.78 is 37.8. The van der Waals surface area contributed by atoms with E-state index in [-0.39, 0.29) is 12.2 Å². The van der Waals surface area contributed by atoms with Gasteiger partial charge in [-0.15, -0.1) is 0 Å². The smallest absolute Gasteiger partial charge is 0.369 e. The van der Waals surface area contributed by atoms with Gasteiger partial charge in [-0.3, -0.25) is 0 Å². The summed E-state index contributed by atoms with van der Waals surface area (Å²) in [6.07, 6.45) is -2.64. The molecule has 1 aromatic rings. The minimum atomic E-state index is -4.17. The Morgan fingerprint density at radius 1 is 1.10 bits per heavy atom. The summed E-state index contributed by atoms with van der Waals surface area (Å²) in [7, 11) is 0. The maximum Gasteiger partial charge on any atom is 0.389 e. The van der Waals surface area contributed by atoms with Crippen molar-refractivity contribution < 1.29 is 13.2 Å². The molecular weight excluding hydrogens is 382 g/mol. The fraction of sp³-hybridized carbons (Fsp3) is 0.692. The molecule has 3 nitrogen and oxygen atoms in total. The van der Waals surface area contributed by atoms with E-state index in [0.717, 1.165) is 35.1 Å². The largest absolute Gasteiger partial charge is 0.389 e. The molecule has 0 spiro atoms. The zero-order chi connectivity index (χ0) is 15.2. The van der Waals surface area contributed by atoms with E-state index in [1.807, 2.05) is 13.8 Å². The molecular formula is C13H19F3IN3. The average molecular weight is 401 g/mol. The first kappa shape index (κ1) is 17.5. The summed E-state index contributed by atoms with van der Waals surface area (Å²) in [5.41, 5.74) is 0.832. The Labute approximate surface area is 130 Å². The van der Waals surface area contributed by atoms with Crippen molar-refractivity contribution >= 4 is 28.4 Å². The second kappa shape index (κ2) is 7.99. The minimum Gasteiger partial charge on any atom is -0.369 e. The molecule has 1 aromatic heterocycles. The molecule has 0 fully saturated rings. The van der Waals surface area contributed by atoms with Crippen LogP contribution in [0.15, 0.2) is 0 Å². The van der Waals surface area contributed by atoms with Crippen LogP contribution in [0.3, 0.4) is 0 Å². The molecule has 0 bridgehead atoms. The molecule has 1 rings (SSSR count). The molecule has 0 saturated heterocycles. The maximum atomic E-state index is 12.3. The van der Waals surface area contributed by atoms with Gasteiger partial charge >= 0.3 is 6.18 Å². The van der Waals surface area contributed by atoms with Gasteiger partial charge < -0.3 is 5.32 Å². The minimum absolute atomic E-state index is 0.169. The first-order valence-corrected chi connectivity index (χ1v) is 7.81. The predicted octanol–water partition coefficient (Wildman–Crippen LogP) is 4.35. The lowest BCUT2D eigenvalue weighted by Crippen LogP contribution is -2.14. The van der Waals surface area contributed by atoms with Gasteiger partial charge in [-0.2, -0.15) is 13.2 Å². The van der Waals surface area contributed by atoms with Gasteiger partial charge in [0.2, 0.25) is 0 Å². The van der Waals surface area contributed by atoms with E-state index >= 15 is 0 Å². The van der Waals surface area contributed by atoms with E-state index in [1.165, 1.54) is 0 Å². The fourth-order valence-corrected chi connectivity index (χ4v) is 2.37. The number of hydrogen-bond acceptors (Lipinski definition) is 3. The summed E-state index contributed by atoms with van der Waals surface area (Å²) in [6.45, 7) is 4.79. The topological polar surface area (TPSA) is 37.8 Å². The van der Waals surface area contributed by atoms with E-state index in [4.69, 9.17) is 0 Å². The molecule has 1 heterocycles. The van der Waals surface area contributed by atoms with Crippen LogP contribution in [0.25, 0.3) is 0 Å². The van der Waals surface area contributed by atoms with Crippen molar-refractivity contribution in [2.75, 3.05) is 11.9 Å². The Kier molecular flexibility index (Phi) is 6.97. The van der Waals surface area contributed by atoms with Crippen molar-refractivity contribution in [1.29, 1.82) is 0 Å². The van der Waals surface area contributed by atoms with Gasteiger partial charge in [0.1, 0.15) is 11.6 Å². The number of halogens is 4. The Balaban J connectivity index is 2.95. The Hall–Kier alpha value is -0.600. The number of rotatable bonds is 7. The number of anilines is 1. The van der Waals surface area contributed by atoms with Crippen molar-refractivity contribution in [2.24, 2.45) is 0 Å². The van der Waals surface area contributed by atoms with E-state index in [1.54, 1.807) is 0 Å². The van der Waals surface area contributed by atoms with Gasteiger partial charge in [-0.25, -0.2) is 9.97 Å². The first-order chi connectivity index (χ1) is 9.37. The number of aromatic nitrogens is 2. The molecule has 0 aliphatic carbocycles. The van der Waals surface area contributed by atoms with Crippen LogP contribution in [0, 0.1) is 3.57 Å². The lowest BCUT2D eigenvalue weighted by molar-refractivity contribution is -0.134. The summed E-state index contributed by atoms with van der Waals surface area (Å²) >= 11 is 2.16. The van der Waals surface area contributed by atoms with Crippen molar-refractivity contribution in [3.8, 4) is 0 Å².